The second-order valence-corrected chi connectivity index (χ2v) is 3.96. The molecule has 0 saturated heterocycles. The first-order valence-electron chi connectivity index (χ1n) is 5.19. The molecule has 0 aliphatic carbocycles. The molecule has 0 radical (unpaired) electrons. The van der Waals surface area contributed by atoms with E-state index in [9.17, 15) is 13.6 Å². The fourth-order valence-electron chi connectivity index (χ4n) is 1.64. The predicted molar refractivity (Wildman–Crippen MR) is 59.4 cm³/mol. The molecule has 0 aliphatic heterocycles. The summed E-state index contributed by atoms with van der Waals surface area (Å²) in [6, 6.07) is 3.17. The molecular formula is C12H15F2NO2. The monoisotopic (exact) mass is 243 g/mol. The van der Waals surface area contributed by atoms with Gasteiger partial charge in [-0.15, -0.1) is 0 Å². The van der Waals surface area contributed by atoms with Crippen LogP contribution >= 0.6 is 0 Å². The van der Waals surface area contributed by atoms with Crippen LogP contribution in [0.25, 0.3) is 0 Å². The highest BCUT2D eigenvalue weighted by molar-refractivity contribution is 5.49. The van der Waals surface area contributed by atoms with E-state index in [1.165, 1.54) is 7.11 Å². The molecule has 94 valence electrons. The maximum Gasteiger partial charge on any atom is 0.207 e. The quantitative estimate of drug-likeness (QED) is 0.776. The molecule has 0 spiro atoms. The highest BCUT2D eigenvalue weighted by Crippen LogP contribution is 2.27. The number of methoxy groups -OCH3 is 1. The fraction of sp³-hybridized carbons (Fsp3) is 0.417. The molecule has 0 fully saturated rings. The Bertz CT molecular complexity index is 398. The summed E-state index contributed by atoms with van der Waals surface area (Å²) in [4.78, 5) is 10.6. The van der Waals surface area contributed by atoms with E-state index in [1.807, 2.05) is 0 Å². The molecule has 1 aromatic rings. The fourth-order valence-corrected chi connectivity index (χ4v) is 1.64. The van der Waals surface area contributed by atoms with Gasteiger partial charge < -0.3 is 10.1 Å². The van der Waals surface area contributed by atoms with Gasteiger partial charge in [-0.2, -0.15) is 0 Å². The summed E-state index contributed by atoms with van der Waals surface area (Å²) >= 11 is 0. The summed E-state index contributed by atoms with van der Waals surface area (Å²) in [5, 5.41) is 2.51. The molecule has 0 heterocycles. The van der Waals surface area contributed by atoms with Crippen LogP contribution in [0.4, 0.5) is 8.78 Å². The number of benzene rings is 1. The van der Waals surface area contributed by atoms with Gasteiger partial charge >= 0.3 is 0 Å². The largest absolute Gasteiger partial charge is 0.385 e. The summed E-state index contributed by atoms with van der Waals surface area (Å²) in [7, 11) is 1.50. The molecule has 1 aromatic carbocycles. The molecular weight excluding hydrogens is 228 g/mol. The van der Waals surface area contributed by atoms with Crippen LogP contribution in [0.1, 0.15) is 18.9 Å². The Balaban J connectivity index is 3.11. The van der Waals surface area contributed by atoms with Gasteiger partial charge in [0.2, 0.25) is 6.41 Å². The van der Waals surface area contributed by atoms with E-state index in [0.29, 0.717) is 19.4 Å². The van der Waals surface area contributed by atoms with Gasteiger partial charge in [-0.1, -0.05) is 0 Å². The lowest BCUT2D eigenvalue weighted by Crippen LogP contribution is -2.40. The number of halogens is 2. The maximum atomic E-state index is 13.7. The molecule has 1 unspecified atom stereocenters. The molecule has 1 N–H and O–H groups in total. The summed E-state index contributed by atoms with van der Waals surface area (Å²) in [6.07, 6.45) is 0.822. The first-order valence-corrected chi connectivity index (χ1v) is 5.19. The van der Waals surface area contributed by atoms with E-state index in [-0.39, 0.29) is 5.56 Å². The maximum absolute atomic E-state index is 13.7. The number of ether oxygens (including phenoxy) is 1. The number of carbonyl (C=O) groups is 1. The van der Waals surface area contributed by atoms with E-state index in [1.54, 1.807) is 6.92 Å². The molecule has 0 bridgehead atoms. The van der Waals surface area contributed by atoms with Crippen LogP contribution in [0.15, 0.2) is 18.2 Å². The van der Waals surface area contributed by atoms with Crippen molar-refractivity contribution in [3.05, 3.63) is 35.4 Å². The molecule has 3 nitrogen and oxygen atoms in total. The zero-order chi connectivity index (χ0) is 12.9. The SMILES string of the molecule is COCCC(C)(NC=O)c1cc(F)ccc1F. The van der Waals surface area contributed by atoms with Crippen molar-refractivity contribution in [2.24, 2.45) is 0 Å². The van der Waals surface area contributed by atoms with E-state index >= 15 is 0 Å². The Morgan fingerprint density at radius 2 is 2.18 bits per heavy atom. The summed E-state index contributed by atoms with van der Waals surface area (Å²) in [5.74, 6) is -1.10. The number of carbonyl (C=O) groups excluding carboxylic acids is 1. The normalized spacial score (nSPS) is 14.1. The van der Waals surface area contributed by atoms with E-state index in [2.05, 4.69) is 5.32 Å². The Morgan fingerprint density at radius 1 is 1.47 bits per heavy atom. The first kappa shape index (κ1) is 13.6. The third-order valence-electron chi connectivity index (χ3n) is 2.71. The van der Waals surface area contributed by atoms with Gasteiger partial charge in [0, 0.05) is 19.3 Å². The Morgan fingerprint density at radius 3 is 2.76 bits per heavy atom. The average molecular weight is 243 g/mol. The molecule has 0 saturated carbocycles. The van der Waals surface area contributed by atoms with Gasteiger partial charge in [0.1, 0.15) is 11.6 Å². The minimum Gasteiger partial charge on any atom is -0.385 e. The number of hydrogen-bond donors (Lipinski definition) is 1. The third-order valence-corrected chi connectivity index (χ3v) is 2.71. The molecule has 0 aromatic heterocycles. The van der Waals surface area contributed by atoms with Gasteiger partial charge in [-0.3, -0.25) is 4.79 Å². The van der Waals surface area contributed by atoms with Crippen LogP contribution < -0.4 is 5.32 Å². The van der Waals surface area contributed by atoms with Gasteiger partial charge in [0.05, 0.1) is 5.54 Å². The molecule has 1 atom stereocenters. The van der Waals surface area contributed by atoms with E-state index in [4.69, 9.17) is 4.74 Å². The van der Waals surface area contributed by atoms with E-state index in [0.717, 1.165) is 18.2 Å². The molecule has 5 heteroatoms. The highest BCUT2D eigenvalue weighted by atomic mass is 19.1. The van der Waals surface area contributed by atoms with Crippen LogP contribution in [-0.4, -0.2) is 20.1 Å². The van der Waals surface area contributed by atoms with Crippen LogP contribution in [0.5, 0.6) is 0 Å². The molecule has 0 aliphatic rings. The van der Waals surface area contributed by atoms with Crippen molar-refractivity contribution < 1.29 is 18.3 Å². The Kier molecular flexibility index (Phi) is 4.57. The van der Waals surface area contributed by atoms with Crippen molar-refractivity contribution in [1.29, 1.82) is 0 Å². The minimum atomic E-state index is -0.982. The minimum absolute atomic E-state index is 0.113. The van der Waals surface area contributed by atoms with Crippen molar-refractivity contribution in [3.63, 3.8) is 0 Å². The average Bonchev–Trinajstić information content (AvgIpc) is 2.30. The third kappa shape index (κ3) is 3.23. The van der Waals surface area contributed by atoms with Crippen molar-refractivity contribution >= 4 is 6.41 Å². The molecule has 1 rings (SSSR count). The zero-order valence-corrected chi connectivity index (χ0v) is 9.80. The Labute approximate surface area is 98.8 Å². The zero-order valence-electron chi connectivity index (χ0n) is 9.80. The highest BCUT2D eigenvalue weighted by Gasteiger charge is 2.29. The number of amides is 1. The van der Waals surface area contributed by atoms with Crippen LogP contribution in [0, 0.1) is 11.6 Å². The lowest BCUT2D eigenvalue weighted by molar-refractivity contribution is -0.111. The van der Waals surface area contributed by atoms with Crippen molar-refractivity contribution in [2.75, 3.05) is 13.7 Å². The lowest BCUT2D eigenvalue weighted by atomic mass is 9.88. The second-order valence-electron chi connectivity index (χ2n) is 3.96. The lowest BCUT2D eigenvalue weighted by Gasteiger charge is -2.29. The van der Waals surface area contributed by atoms with Crippen LogP contribution in [0.2, 0.25) is 0 Å². The van der Waals surface area contributed by atoms with Gasteiger partial charge in [0.25, 0.3) is 0 Å². The smallest absolute Gasteiger partial charge is 0.207 e. The van der Waals surface area contributed by atoms with Crippen LogP contribution in [-0.2, 0) is 15.1 Å². The first-order chi connectivity index (χ1) is 8.03. The summed E-state index contributed by atoms with van der Waals surface area (Å²) < 4.78 is 31.7. The number of nitrogens with one attached hydrogen (secondary N) is 1. The Hall–Kier alpha value is -1.49. The van der Waals surface area contributed by atoms with Crippen molar-refractivity contribution in [3.8, 4) is 0 Å². The topological polar surface area (TPSA) is 38.3 Å². The second kappa shape index (κ2) is 5.72. The molecule has 1 amide bonds. The van der Waals surface area contributed by atoms with E-state index < -0.39 is 17.2 Å². The predicted octanol–water partition coefficient (Wildman–Crippen LogP) is 1.96. The number of rotatable bonds is 6. The number of hydrogen-bond acceptors (Lipinski definition) is 2. The van der Waals surface area contributed by atoms with Gasteiger partial charge in [0.15, 0.2) is 0 Å². The summed E-state index contributed by atoms with van der Waals surface area (Å²) in [6.45, 7) is 1.95. The van der Waals surface area contributed by atoms with Gasteiger partial charge in [-0.05, 0) is 31.5 Å². The van der Waals surface area contributed by atoms with Crippen molar-refractivity contribution in [2.45, 2.75) is 18.9 Å². The summed E-state index contributed by atoms with van der Waals surface area (Å²) in [5.41, 5.74) is -0.870. The standard InChI is InChI=1S/C12H15F2NO2/c1-12(15-8-16,5-6-17-2)10-7-9(13)3-4-11(10)14/h3-4,7-8H,5-6H2,1-2H3,(H,15,16). The van der Waals surface area contributed by atoms with Crippen molar-refractivity contribution in [1.82, 2.24) is 5.32 Å². The molecule has 17 heavy (non-hydrogen) atoms. The van der Waals surface area contributed by atoms with Gasteiger partial charge in [-0.25, -0.2) is 8.78 Å². The van der Waals surface area contributed by atoms with Crippen LogP contribution in [0.3, 0.4) is 0 Å².